The first kappa shape index (κ1) is 17.6. The Balaban J connectivity index is 1.94. The highest BCUT2D eigenvalue weighted by atomic mass is 16.5. The zero-order chi connectivity index (χ0) is 17.4. The maximum absolute atomic E-state index is 11.7. The van der Waals surface area contributed by atoms with Gasteiger partial charge in [-0.3, -0.25) is 4.79 Å². The van der Waals surface area contributed by atoms with Crippen LogP contribution < -0.4 is 4.74 Å². The fourth-order valence-electron chi connectivity index (χ4n) is 2.26. The second-order valence-corrected chi connectivity index (χ2v) is 5.62. The highest BCUT2D eigenvalue weighted by molar-refractivity contribution is 5.73. The lowest BCUT2D eigenvalue weighted by molar-refractivity contribution is -0.134. The summed E-state index contributed by atoms with van der Waals surface area (Å²) in [7, 11) is 0. The maximum Gasteiger partial charge on any atom is 0.311 e. The van der Waals surface area contributed by atoms with Crippen molar-refractivity contribution >= 4 is 18.1 Å². The molecule has 2 rings (SSSR count). The van der Waals surface area contributed by atoms with Gasteiger partial charge in [-0.2, -0.15) is 0 Å². The number of phenols is 2. The molecular formula is C20H22O4. The first-order valence-corrected chi connectivity index (χ1v) is 8.08. The number of carbonyl (C=O) groups excluding carboxylic acids is 1. The van der Waals surface area contributed by atoms with Crippen LogP contribution in [0.5, 0.6) is 17.2 Å². The van der Waals surface area contributed by atoms with Gasteiger partial charge in [-0.15, -0.1) is 0 Å². The molecule has 0 saturated carbocycles. The van der Waals surface area contributed by atoms with Crippen molar-refractivity contribution in [1.29, 1.82) is 0 Å². The average Bonchev–Trinajstić information content (AvgIpc) is 2.53. The van der Waals surface area contributed by atoms with Gasteiger partial charge < -0.3 is 14.9 Å². The summed E-state index contributed by atoms with van der Waals surface area (Å²) < 4.78 is 5.28. The van der Waals surface area contributed by atoms with Gasteiger partial charge in [0, 0.05) is 12.5 Å². The molecule has 0 aliphatic heterocycles. The van der Waals surface area contributed by atoms with Gasteiger partial charge in [-0.1, -0.05) is 44.1 Å². The van der Waals surface area contributed by atoms with E-state index in [4.69, 9.17) is 4.74 Å². The molecule has 0 amide bonds. The number of unbranched alkanes of at least 4 members (excludes halogenated alkanes) is 2. The highest BCUT2D eigenvalue weighted by Gasteiger charge is 2.04. The van der Waals surface area contributed by atoms with Gasteiger partial charge in [0.15, 0.2) is 0 Å². The Morgan fingerprint density at radius 3 is 2.21 bits per heavy atom. The monoisotopic (exact) mass is 326 g/mol. The third kappa shape index (κ3) is 5.80. The zero-order valence-corrected chi connectivity index (χ0v) is 13.7. The number of ether oxygens (including phenoxy) is 1. The van der Waals surface area contributed by atoms with Crippen LogP contribution in [0.25, 0.3) is 12.2 Å². The lowest BCUT2D eigenvalue weighted by Crippen LogP contribution is -2.07. The Labute approximate surface area is 142 Å². The van der Waals surface area contributed by atoms with E-state index in [-0.39, 0.29) is 17.5 Å². The molecule has 0 heterocycles. The summed E-state index contributed by atoms with van der Waals surface area (Å²) in [6.07, 6.45) is 7.03. The SMILES string of the molecule is CCCCCC(=O)Oc1ccc(/C=C/c2cc(O)cc(O)c2)cc1. The zero-order valence-electron chi connectivity index (χ0n) is 13.7. The number of phenolic OH excluding ortho intramolecular Hbond substituents is 2. The molecule has 0 unspecified atom stereocenters. The van der Waals surface area contributed by atoms with Crippen LogP contribution in [-0.2, 0) is 4.79 Å². The molecule has 24 heavy (non-hydrogen) atoms. The van der Waals surface area contributed by atoms with Crippen LogP contribution >= 0.6 is 0 Å². The number of carbonyl (C=O) groups is 1. The van der Waals surface area contributed by atoms with E-state index < -0.39 is 0 Å². The maximum atomic E-state index is 11.7. The second kappa shape index (κ2) is 8.77. The van der Waals surface area contributed by atoms with Crippen LogP contribution in [0.2, 0.25) is 0 Å². The number of rotatable bonds is 7. The van der Waals surface area contributed by atoms with Crippen molar-refractivity contribution in [1.82, 2.24) is 0 Å². The number of hydrogen-bond donors (Lipinski definition) is 2. The van der Waals surface area contributed by atoms with Gasteiger partial charge >= 0.3 is 5.97 Å². The molecule has 0 saturated heterocycles. The summed E-state index contributed by atoms with van der Waals surface area (Å²) >= 11 is 0. The smallest absolute Gasteiger partial charge is 0.311 e. The predicted molar refractivity (Wildman–Crippen MR) is 94.9 cm³/mol. The van der Waals surface area contributed by atoms with Crippen molar-refractivity contribution in [3.05, 3.63) is 53.6 Å². The lowest BCUT2D eigenvalue weighted by Gasteiger charge is -2.04. The lowest BCUT2D eigenvalue weighted by atomic mass is 10.1. The molecule has 4 nitrogen and oxygen atoms in total. The topological polar surface area (TPSA) is 66.8 Å². The summed E-state index contributed by atoms with van der Waals surface area (Å²) in [6.45, 7) is 2.09. The third-order valence-corrected chi connectivity index (χ3v) is 3.49. The Morgan fingerprint density at radius 1 is 0.958 bits per heavy atom. The molecule has 0 radical (unpaired) electrons. The molecule has 0 aliphatic carbocycles. The van der Waals surface area contributed by atoms with E-state index in [0.717, 1.165) is 24.8 Å². The molecule has 0 bridgehead atoms. The number of hydrogen-bond acceptors (Lipinski definition) is 4. The molecule has 126 valence electrons. The Morgan fingerprint density at radius 2 is 1.58 bits per heavy atom. The van der Waals surface area contributed by atoms with Crippen LogP contribution in [0, 0.1) is 0 Å². The predicted octanol–water partition coefficient (Wildman–Crippen LogP) is 4.75. The summed E-state index contributed by atoms with van der Waals surface area (Å²) in [5.74, 6) is 0.352. The highest BCUT2D eigenvalue weighted by Crippen LogP contribution is 2.22. The molecule has 0 aromatic heterocycles. The minimum atomic E-state index is -0.207. The molecule has 0 atom stereocenters. The number of aromatic hydroxyl groups is 2. The van der Waals surface area contributed by atoms with Crippen LogP contribution in [0.4, 0.5) is 0 Å². The fraction of sp³-hybridized carbons (Fsp3) is 0.250. The summed E-state index contributed by atoms with van der Waals surface area (Å²) in [5, 5.41) is 18.9. The van der Waals surface area contributed by atoms with Gasteiger partial charge in [0.25, 0.3) is 0 Å². The van der Waals surface area contributed by atoms with E-state index >= 15 is 0 Å². The Hall–Kier alpha value is -2.75. The molecular weight excluding hydrogens is 304 g/mol. The normalized spacial score (nSPS) is 10.9. The average molecular weight is 326 g/mol. The Kier molecular flexibility index (Phi) is 6.43. The van der Waals surface area contributed by atoms with Gasteiger partial charge in [0.1, 0.15) is 17.2 Å². The fourth-order valence-corrected chi connectivity index (χ4v) is 2.26. The number of benzene rings is 2. The summed E-state index contributed by atoms with van der Waals surface area (Å²) in [5.41, 5.74) is 1.61. The molecule has 0 fully saturated rings. The van der Waals surface area contributed by atoms with Crippen LogP contribution in [-0.4, -0.2) is 16.2 Å². The van der Waals surface area contributed by atoms with Gasteiger partial charge in [0.2, 0.25) is 0 Å². The van der Waals surface area contributed by atoms with Crippen LogP contribution in [0.1, 0.15) is 43.7 Å². The molecule has 0 aliphatic rings. The van der Waals surface area contributed by atoms with Gasteiger partial charge in [-0.05, 0) is 41.8 Å². The minimum absolute atomic E-state index is 0.0139. The van der Waals surface area contributed by atoms with Gasteiger partial charge in [0.05, 0.1) is 0 Å². The summed E-state index contributed by atoms with van der Waals surface area (Å²) in [4.78, 5) is 11.7. The first-order chi connectivity index (χ1) is 11.6. The summed E-state index contributed by atoms with van der Waals surface area (Å²) in [6, 6.07) is 11.6. The minimum Gasteiger partial charge on any atom is -0.508 e. The van der Waals surface area contributed by atoms with Crippen LogP contribution in [0.3, 0.4) is 0 Å². The van der Waals surface area contributed by atoms with E-state index in [1.54, 1.807) is 30.3 Å². The van der Waals surface area contributed by atoms with Crippen molar-refractivity contribution in [2.75, 3.05) is 0 Å². The first-order valence-electron chi connectivity index (χ1n) is 8.08. The molecule has 0 spiro atoms. The van der Waals surface area contributed by atoms with E-state index in [1.807, 2.05) is 18.2 Å². The van der Waals surface area contributed by atoms with E-state index in [2.05, 4.69) is 6.92 Å². The molecule has 2 N–H and O–H groups in total. The van der Waals surface area contributed by atoms with Gasteiger partial charge in [-0.25, -0.2) is 0 Å². The largest absolute Gasteiger partial charge is 0.508 e. The molecule has 4 heteroatoms. The standard InChI is InChI=1S/C20H22O4/c1-2-3-4-5-20(23)24-19-10-8-15(9-11-19)6-7-16-12-17(21)14-18(22)13-16/h6-14,21-22H,2-5H2,1H3/b7-6+. The quantitative estimate of drug-likeness (QED) is 0.333. The second-order valence-electron chi connectivity index (χ2n) is 5.62. The van der Waals surface area contributed by atoms with Crippen molar-refractivity contribution < 1.29 is 19.7 Å². The number of esters is 1. The Bertz CT molecular complexity index is 682. The van der Waals surface area contributed by atoms with Crippen molar-refractivity contribution in [2.45, 2.75) is 32.6 Å². The van der Waals surface area contributed by atoms with Crippen LogP contribution in [0.15, 0.2) is 42.5 Å². The molecule has 2 aromatic rings. The molecule has 2 aromatic carbocycles. The van der Waals surface area contributed by atoms with E-state index in [1.165, 1.54) is 6.07 Å². The van der Waals surface area contributed by atoms with Crippen molar-refractivity contribution in [3.63, 3.8) is 0 Å². The van der Waals surface area contributed by atoms with Crippen molar-refractivity contribution in [3.8, 4) is 17.2 Å². The third-order valence-electron chi connectivity index (χ3n) is 3.49. The van der Waals surface area contributed by atoms with E-state index in [9.17, 15) is 15.0 Å². The van der Waals surface area contributed by atoms with Crippen molar-refractivity contribution in [2.24, 2.45) is 0 Å². The van der Waals surface area contributed by atoms with E-state index in [0.29, 0.717) is 17.7 Å².